The van der Waals surface area contributed by atoms with E-state index in [1.807, 2.05) is 0 Å². The maximum Gasteiger partial charge on any atom is 2.00 e. The topological polar surface area (TPSA) is 103 Å². The zero-order valence-electron chi connectivity index (χ0n) is 2.77. The van der Waals surface area contributed by atoms with Crippen molar-refractivity contribution in [3.63, 3.8) is 0 Å². The Morgan fingerprint density at radius 1 is 1.33 bits per heavy atom. The number of carbonyl (C=O) groups excluding carboxylic acids is 1. The van der Waals surface area contributed by atoms with E-state index in [1.54, 1.807) is 0 Å². The number of hydrogen-bond acceptors (Lipinski definition) is 2. The van der Waals surface area contributed by atoms with Gasteiger partial charge in [-0.2, -0.15) is 0 Å². The van der Waals surface area contributed by atoms with Gasteiger partial charge in [-0.25, -0.2) is 0 Å². The molecule has 0 aromatic carbocycles. The Hall–Kier alpha value is -0.0905. The van der Waals surface area contributed by atoms with E-state index in [-0.39, 0.29) is 28.0 Å². The van der Waals surface area contributed by atoms with Crippen LogP contribution in [-0.2, 0) is 21.9 Å². The molecule has 0 aromatic rings. The van der Waals surface area contributed by atoms with Crippen LogP contribution in [0.25, 0.3) is 0 Å². The molecular weight excluding hydrogens is 131 g/mol. The molecule has 0 fully saturated rings. The summed E-state index contributed by atoms with van der Waals surface area (Å²) in [4.78, 5) is 8.25. The molecule has 0 amide bonds. The molecule has 0 saturated carbocycles. The van der Waals surface area contributed by atoms with Gasteiger partial charge in [0.1, 0.15) is 0 Å². The molecule has 0 saturated heterocycles. The Labute approximate surface area is 45.3 Å². The van der Waals surface area contributed by atoms with Crippen LogP contribution in [0.2, 0.25) is 0 Å². The summed E-state index contributed by atoms with van der Waals surface area (Å²) in [5, 5.41) is 8.25. The third-order valence-electron chi connectivity index (χ3n) is 0. The molecule has 0 heterocycles. The fourth-order valence-corrected chi connectivity index (χ4v) is 0. The van der Waals surface area contributed by atoms with Gasteiger partial charge in [0.15, 0.2) is 0 Å². The number of carboxylic acid groups (broad SMARTS) is 1. The zero-order valence-corrected chi connectivity index (χ0v) is 3.95. The van der Waals surface area contributed by atoms with E-state index in [4.69, 9.17) is 9.90 Å². The van der Waals surface area contributed by atoms with Crippen molar-refractivity contribution in [1.82, 2.24) is 0 Å². The van der Waals surface area contributed by atoms with Crippen LogP contribution in [-0.4, -0.2) is 17.4 Å². The van der Waals surface area contributed by atoms with Crippen molar-refractivity contribution in [1.29, 1.82) is 0 Å². The van der Waals surface area contributed by atoms with Crippen LogP contribution in [0, 0.1) is 0 Å². The summed E-state index contributed by atoms with van der Waals surface area (Å²) < 4.78 is 0. The second kappa shape index (κ2) is 90.7. The van der Waals surface area contributed by atoms with Gasteiger partial charge in [0.05, 0.1) is 0 Å². The second-order valence-corrected chi connectivity index (χ2v) is 0.0962. The van der Waals surface area contributed by atoms with Crippen molar-refractivity contribution in [2.75, 3.05) is 0 Å². The molecule has 0 unspecified atom stereocenters. The Balaban J connectivity index is -0.00000000667. The third-order valence-corrected chi connectivity index (χ3v) is 0. The molecule has 0 aliphatic carbocycles. The van der Waals surface area contributed by atoms with E-state index < -0.39 is 6.47 Å². The van der Waals surface area contributed by atoms with Gasteiger partial charge >= 0.3 is 17.1 Å². The fraction of sp³-hybridized carbons (Fsp3) is 0. The van der Waals surface area contributed by atoms with Gasteiger partial charge < -0.3 is 20.9 Å². The first-order valence-corrected chi connectivity index (χ1v) is 0.471. The molecule has 5 heteroatoms. The molecule has 4 nitrogen and oxygen atoms in total. The predicted molar refractivity (Wildman–Crippen MR) is 13.3 cm³/mol. The second-order valence-electron chi connectivity index (χ2n) is 0.0962. The van der Waals surface area contributed by atoms with Gasteiger partial charge in [-0.3, -0.25) is 0 Å². The average molecular weight is 136 g/mol. The van der Waals surface area contributed by atoms with Gasteiger partial charge in [0.25, 0.3) is 0 Å². The van der Waals surface area contributed by atoms with Crippen molar-refractivity contribution < 1.29 is 37.9 Å². The van der Waals surface area contributed by atoms with Crippen LogP contribution < -0.4 is 5.11 Å². The van der Waals surface area contributed by atoms with Gasteiger partial charge in [-0.15, -0.1) is 0 Å². The summed E-state index contributed by atoms with van der Waals surface area (Å²) in [6, 6.07) is 0. The van der Waals surface area contributed by atoms with Crippen LogP contribution in [0.15, 0.2) is 0 Å². The Kier molecular flexibility index (Phi) is 591. The van der Waals surface area contributed by atoms with Crippen molar-refractivity contribution >= 4 is 6.47 Å². The SMILES string of the molecule is O.O.O=C[O-].[Mn+2]. The van der Waals surface area contributed by atoms with Gasteiger partial charge in [-0.05, 0) is 0 Å². The van der Waals surface area contributed by atoms with Crippen molar-refractivity contribution in [3.8, 4) is 0 Å². The predicted octanol–water partition coefficient (Wildman–Crippen LogP) is -3.29. The molecule has 0 atom stereocenters. The standard InChI is InChI=1S/CH2O2.Mn.2H2O/c2-1-3;;;/h1H,(H,2,3);;2*1H2/q;+2;;/p-1. The minimum atomic E-state index is -0.500. The van der Waals surface area contributed by atoms with E-state index in [2.05, 4.69) is 0 Å². The van der Waals surface area contributed by atoms with Crippen molar-refractivity contribution in [2.24, 2.45) is 0 Å². The van der Waals surface area contributed by atoms with Crippen LogP contribution in [0.4, 0.5) is 0 Å². The maximum absolute atomic E-state index is 8.25. The Morgan fingerprint density at radius 2 is 1.33 bits per heavy atom. The van der Waals surface area contributed by atoms with Crippen LogP contribution >= 0.6 is 0 Å². The van der Waals surface area contributed by atoms with Crippen molar-refractivity contribution in [3.05, 3.63) is 0 Å². The van der Waals surface area contributed by atoms with E-state index in [0.717, 1.165) is 0 Å². The molecule has 0 spiro atoms. The molecule has 0 bridgehead atoms. The van der Waals surface area contributed by atoms with E-state index in [1.165, 1.54) is 0 Å². The quantitative estimate of drug-likeness (QED) is 0.257. The normalized spacial score (nSPS) is 2.00. The summed E-state index contributed by atoms with van der Waals surface area (Å²) in [6.45, 7) is -0.500. The van der Waals surface area contributed by atoms with Crippen molar-refractivity contribution in [2.45, 2.75) is 0 Å². The summed E-state index contributed by atoms with van der Waals surface area (Å²) in [7, 11) is 0. The zero-order chi connectivity index (χ0) is 2.71. The first kappa shape index (κ1) is 39.1. The van der Waals surface area contributed by atoms with Gasteiger partial charge in [0, 0.05) is 6.47 Å². The van der Waals surface area contributed by atoms with E-state index in [0.29, 0.717) is 0 Å². The van der Waals surface area contributed by atoms with Crippen LogP contribution in [0.3, 0.4) is 0 Å². The Bertz CT molecular complexity index is 15.0. The summed E-state index contributed by atoms with van der Waals surface area (Å²) in [5.74, 6) is 0. The largest absolute Gasteiger partial charge is 2.00 e. The molecule has 1 radical (unpaired) electrons. The number of hydrogen-bond donors (Lipinski definition) is 0. The fourth-order valence-electron chi connectivity index (χ4n) is 0. The average Bonchev–Trinajstić information content (AvgIpc) is 0.918. The number of carbonyl (C=O) groups is 1. The minimum Gasteiger partial charge on any atom is -0.554 e. The maximum atomic E-state index is 8.25. The summed E-state index contributed by atoms with van der Waals surface area (Å²) in [5.41, 5.74) is 0. The first-order valence-electron chi connectivity index (χ1n) is 0.471. The summed E-state index contributed by atoms with van der Waals surface area (Å²) >= 11 is 0. The molecule has 39 valence electrons. The summed E-state index contributed by atoms with van der Waals surface area (Å²) in [6.07, 6.45) is 0. The first-order chi connectivity index (χ1) is 1.41. The Morgan fingerprint density at radius 3 is 1.33 bits per heavy atom. The minimum absolute atomic E-state index is 0. The van der Waals surface area contributed by atoms with Gasteiger partial charge in [0.2, 0.25) is 0 Å². The van der Waals surface area contributed by atoms with Crippen LogP contribution in [0.5, 0.6) is 0 Å². The molecule has 0 aliphatic heterocycles. The molecule has 0 rings (SSSR count). The van der Waals surface area contributed by atoms with Gasteiger partial charge in [-0.1, -0.05) is 0 Å². The molecule has 0 aliphatic rings. The number of rotatable bonds is 0. The third kappa shape index (κ3) is 4040. The molecule has 0 aromatic heterocycles. The smallest absolute Gasteiger partial charge is 0.554 e. The molecule has 4 N–H and O–H groups in total. The monoisotopic (exact) mass is 136 g/mol. The van der Waals surface area contributed by atoms with E-state index >= 15 is 0 Å². The molecular formula is CH5MnO4+. The molecule has 6 heavy (non-hydrogen) atoms. The van der Waals surface area contributed by atoms with Crippen LogP contribution in [0.1, 0.15) is 0 Å². The van der Waals surface area contributed by atoms with E-state index in [9.17, 15) is 0 Å².